The molecular weight excluding hydrogens is 276 g/mol. The number of nitrogens with one attached hydrogen (secondary N) is 1. The standard InChI is InChI=1S/C18H22N2O2/c1-3-20(13-14-22-16-9-5-4-6-10-16)18-12-8-7-11-17(18)19-15(2)21/h4-12H,3,13-14H2,1-2H3,(H,19,21). The molecule has 0 spiro atoms. The molecule has 0 saturated carbocycles. The summed E-state index contributed by atoms with van der Waals surface area (Å²) in [7, 11) is 0. The number of carbonyl (C=O) groups excluding carboxylic acids is 1. The van der Waals surface area contributed by atoms with Gasteiger partial charge in [-0.1, -0.05) is 30.3 Å². The van der Waals surface area contributed by atoms with E-state index in [-0.39, 0.29) is 5.91 Å². The number of hydrogen-bond donors (Lipinski definition) is 1. The number of anilines is 2. The Labute approximate surface area is 131 Å². The summed E-state index contributed by atoms with van der Waals surface area (Å²) in [6.45, 7) is 5.79. The summed E-state index contributed by atoms with van der Waals surface area (Å²) in [5.41, 5.74) is 1.84. The number of amides is 1. The van der Waals surface area contributed by atoms with Gasteiger partial charge < -0.3 is 15.0 Å². The summed E-state index contributed by atoms with van der Waals surface area (Å²) < 4.78 is 5.75. The van der Waals surface area contributed by atoms with E-state index in [0.717, 1.165) is 30.2 Å². The SMILES string of the molecule is CCN(CCOc1ccccc1)c1ccccc1NC(C)=O. The fraction of sp³-hybridized carbons (Fsp3) is 0.278. The van der Waals surface area contributed by atoms with Crippen LogP contribution in [0.1, 0.15) is 13.8 Å². The summed E-state index contributed by atoms with van der Waals surface area (Å²) >= 11 is 0. The Bertz CT molecular complexity index is 599. The van der Waals surface area contributed by atoms with Gasteiger partial charge in [-0.2, -0.15) is 0 Å². The maximum Gasteiger partial charge on any atom is 0.221 e. The second-order valence-electron chi connectivity index (χ2n) is 4.94. The van der Waals surface area contributed by atoms with Crippen molar-refractivity contribution >= 4 is 17.3 Å². The van der Waals surface area contributed by atoms with Crippen molar-refractivity contribution in [3.63, 3.8) is 0 Å². The van der Waals surface area contributed by atoms with Gasteiger partial charge in [-0.05, 0) is 31.2 Å². The summed E-state index contributed by atoms with van der Waals surface area (Å²) in [5.74, 6) is 0.803. The highest BCUT2D eigenvalue weighted by atomic mass is 16.5. The molecule has 0 bridgehead atoms. The van der Waals surface area contributed by atoms with Crippen LogP contribution in [-0.4, -0.2) is 25.6 Å². The zero-order valence-corrected chi connectivity index (χ0v) is 13.1. The van der Waals surface area contributed by atoms with Crippen LogP contribution in [0.15, 0.2) is 54.6 Å². The third-order valence-electron chi connectivity index (χ3n) is 3.31. The van der Waals surface area contributed by atoms with Gasteiger partial charge >= 0.3 is 0 Å². The Morgan fingerprint density at radius 2 is 1.77 bits per heavy atom. The van der Waals surface area contributed by atoms with Gasteiger partial charge in [-0.25, -0.2) is 0 Å². The van der Waals surface area contributed by atoms with E-state index in [9.17, 15) is 4.79 Å². The minimum absolute atomic E-state index is 0.0657. The largest absolute Gasteiger partial charge is 0.492 e. The van der Waals surface area contributed by atoms with E-state index in [0.29, 0.717) is 6.61 Å². The van der Waals surface area contributed by atoms with Crippen molar-refractivity contribution in [2.24, 2.45) is 0 Å². The Hall–Kier alpha value is -2.49. The third-order valence-corrected chi connectivity index (χ3v) is 3.31. The first-order valence-corrected chi connectivity index (χ1v) is 7.50. The van der Waals surface area contributed by atoms with E-state index < -0.39 is 0 Å². The fourth-order valence-corrected chi connectivity index (χ4v) is 2.28. The van der Waals surface area contributed by atoms with Crippen LogP contribution in [0.4, 0.5) is 11.4 Å². The van der Waals surface area contributed by atoms with Gasteiger partial charge in [-0.15, -0.1) is 0 Å². The van der Waals surface area contributed by atoms with Gasteiger partial charge in [0.05, 0.1) is 17.9 Å². The van der Waals surface area contributed by atoms with E-state index in [4.69, 9.17) is 4.74 Å². The van der Waals surface area contributed by atoms with Crippen molar-refractivity contribution in [1.82, 2.24) is 0 Å². The Kier molecular flexibility index (Phi) is 5.83. The maximum absolute atomic E-state index is 11.3. The molecule has 0 aromatic heterocycles. The minimum Gasteiger partial charge on any atom is -0.492 e. The average Bonchev–Trinajstić information content (AvgIpc) is 2.53. The lowest BCUT2D eigenvalue weighted by Crippen LogP contribution is -2.29. The fourth-order valence-electron chi connectivity index (χ4n) is 2.28. The molecule has 22 heavy (non-hydrogen) atoms. The average molecular weight is 298 g/mol. The molecule has 2 aromatic rings. The first kappa shape index (κ1) is 15.9. The lowest BCUT2D eigenvalue weighted by atomic mass is 10.2. The van der Waals surface area contributed by atoms with Gasteiger partial charge in [0.25, 0.3) is 0 Å². The molecule has 4 nitrogen and oxygen atoms in total. The lowest BCUT2D eigenvalue weighted by Gasteiger charge is -2.25. The Morgan fingerprint density at radius 1 is 1.09 bits per heavy atom. The van der Waals surface area contributed by atoms with E-state index in [1.165, 1.54) is 6.92 Å². The van der Waals surface area contributed by atoms with Crippen LogP contribution in [0, 0.1) is 0 Å². The predicted octanol–water partition coefficient (Wildman–Crippen LogP) is 3.55. The molecule has 0 aliphatic carbocycles. The van der Waals surface area contributed by atoms with Crippen LogP contribution in [0.2, 0.25) is 0 Å². The zero-order chi connectivity index (χ0) is 15.8. The molecule has 0 heterocycles. The highest BCUT2D eigenvalue weighted by Crippen LogP contribution is 2.25. The summed E-state index contributed by atoms with van der Waals surface area (Å²) in [4.78, 5) is 13.5. The number of nitrogens with zero attached hydrogens (tertiary/aromatic N) is 1. The highest BCUT2D eigenvalue weighted by Gasteiger charge is 2.10. The normalized spacial score (nSPS) is 10.1. The number of likely N-dealkylation sites (N-methyl/N-ethyl adjacent to an activating group) is 1. The van der Waals surface area contributed by atoms with Gasteiger partial charge in [0.2, 0.25) is 5.91 Å². The van der Waals surface area contributed by atoms with Crippen molar-refractivity contribution in [1.29, 1.82) is 0 Å². The van der Waals surface area contributed by atoms with Gasteiger partial charge in [0.1, 0.15) is 12.4 Å². The monoisotopic (exact) mass is 298 g/mol. The molecule has 1 N–H and O–H groups in total. The van der Waals surface area contributed by atoms with Crippen LogP contribution in [0.25, 0.3) is 0 Å². The number of benzene rings is 2. The van der Waals surface area contributed by atoms with Gasteiger partial charge in [-0.3, -0.25) is 4.79 Å². The summed E-state index contributed by atoms with van der Waals surface area (Å²) in [6, 6.07) is 17.6. The lowest BCUT2D eigenvalue weighted by molar-refractivity contribution is -0.114. The van der Waals surface area contributed by atoms with E-state index >= 15 is 0 Å². The predicted molar refractivity (Wildman–Crippen MR) is 90.6 cm³/mol. The number of rotatable bonds is 7. The molecule has 0 aliphatic heterocycles. The van der Waals surface area contributed by atoms with Gasteiger partial charge in [0.15, 0.2) is 0 Å². The Balaban J connectivity index is 2.00. The molecule has 0 radical (unpaired) electrons. The molecular formula is C18H22N2O2. The smallest absolute Gasteiger partial charge is 0.221 e. The molecule has 4 heteroatoms. The second kappa shape index (κ2) is 8.08. The van der Waals surface area contributed by atoms with Crippen LogP contribution in [0.5, 0.6) is 5.75 Å². The topological polar surface area (TPSA) is 41.6 Å². The molecule has 0 unspecified atom stereocenters. The molecule has 0 saturated heterocycles. The number of para-hydroxylation sites is 3. The van der Waals surface area contributed by atoms with Crippen molar-refractivity contribution in [3.8, 4) is 5.75 Å². The molecule has 2 aromatic carbocycles. The van der Waals surface area contributed by atoms with Crippen molar-refractivity contribution < 1.29 is 9.53 Å². The van der Waals surface area contributed by atoms with Crippen LogP contribution < -0.4 is 15.0 Å². The van der Waals surface area contributed by atoms with Crippen LogP contribution in [-0.2, 0) is 4.79 Å². The molecule has 2 rings (SSSR count). The number of carbonyl (C=O) groups is 1. The van der Waals surface area contributed by atoms with E-state index in [1.54, 1.807) is 0 Å². The van der Waals surface area contributed by atoms with Crippen LogP contribution >= 0.6 is 0 Å². The van der Waals surface area contributed by atoms with Crippen molar-refractivity contribution in [2.75, 3.05) is 29.9 Å². The molecule has 0 fully saturated rings. The van der Waals surface area contributed by atoms with Gasteiger partial charge in [0, 0.05) is 13.5 Å². The molecule has 1 amide bonds. The second-order valence-corrected chi connectivity index (χ2v) is 4.94. The van der Waals surface area contributed by atoms with Crippen molar-refractivity contribution in [3.05, 3.63) is 54.6 Å². The first-order chi connectivity index (χ1) is 10.7. The maximum atomic E-state index is 11.3. The third kappa shape index (κ3) is 4.52. The number of ether oxygens (including phenoxy) is 1. The zero-order valence-electron chi connectivity index (χ0n) is 13.1. The molecule has 0 atom stereocenters. The Morgan fingerprint density at radius 3 is 2.45 bits per heavy atom. The molecule has 0 aliphatic rings. The van der Waals surface area contributed by atoms with E-state index in [2.05, 4.69) is 17.1 Å². The molecule has 116 valence electrons. The minimum atomic E-state index is -0.0657. The first-order valence-electron chi connectivity index (χ1n) is 7.50. The summed E-state index contributed by atoms with van der Waals surface area (Å²) in [5, 5.41) is 2.87. The van der Waals surface area contributed by atoms with Crippen LogP contribution in [0.3, 0.4) is 0 Å². The van der Waals surface area contributed by atoms with Crippen molar-refractivity contribution in [2.45, 2.75) is 13.8 Å². The van der Waals surface area contributed by atoms with E-state index in [1.807, 2.05) is 54.6 Å². The number of hydrogen-bond acceptors (Lipinski definition) is 3. The summed E-state index contributed by atoms with van der Waals surface area (Å²) in [6.07, 6.45) is 0. The highest BCUT2D eigenvalue weighted by molar-refractivity contribution is 5.92. The quantitative estimate of drug-likeness (QED) is 0.850.